The van der Waals surface area contributed by atoms with Gasteiger partial charge in [-0.3, -0.25) is 0 Å². The highest BCUT2D eigenvalue weighted by molar-refractivity contribution is 9.10. The second-order valence-electron chi connectivity index (χ2n) is 2.53. The van der Waals surface area contributed by atoms with Crippen molar-refractivity contribution in [2.24, 2.45) is 0 Å². The van der Waals surface area contributed by atoms with Gasteiger partial charge in [-0.2, -0.15) is 4.57 Å². The molecule has 0 fully saturated rings. The van der Waals surface area contributed by atoms with Crippen molar-refractivity contribution in [1.29, 1.82) is 0 Å². The molecule has 0 amide bonds. The lowest BCUT2D eigenvalue weighted by atomic mass is 10.4. The standard InChI is InChI=1S/C7H5BrN4O2/c8-4-1-2-9-5(3-4)12-6(13)10-11-7(12)14/h1-3H,(H,10,13)(H,11,14). The molecule has 6 nitrogen and oxygen atoms in total. The summed E-state index contributed by atoms with van der Waals surface area (Å²) in [4.78, 5) is 26.2. The molecule has 0 aromatic carbocycles. The molecular formula is C7H5BrN4O2. The average molecular weight is 257 g/mol. The van der Waals surface area contributed by atoms with Gasteiger partial charge in [0.25, 0.3) is 0 Å². The molecule has 0 bridgehead atoms. The van der Waals surface area contributed by atoms with E-state index in [9.17, 15) is 9.59 Å². The van der Waals surface area contributed by atoms with Crippen LogP contribution in [0.15, 0.2) is 32.4 Å². The van der Waals surface area contributed by atoms with Gasteiger partial charge >= 0.3 is 11.4 Å². The highest BCUT2D eigenvalue weighted by Gasteiger charge is 2.06. The second kappa shape index (κ2) is 3.26. The Hall–Kier alpha value is -1.63. The summed E-state index contributed by atoms with van der Waals surface area (Å²) in [5, 5.41) is 4.34. The van der Waals surface area contributed by atoms with E-state index in [4.69, 9.17) is 0 Å². The minimum Gasteiger partial charge on any atom is -0.247 e. The van der Waals surface area contributed by atoms with Crippen LogP contribution in [-0.2, 0) is 0 Å². The van der Waals surface area contributed by atoms with Gasteiger partial charge in [-0.05, 0) is 12.1 Å². The van der Waals surface area contributed by atoms with Crippen LogP contribution in [0.3, 0.4) is 0 Å². The fourth-order valence-corrected chi connectivity index (χ4v) is 1.36. The van der Waals surface area contributed by atoms with Crippen molar-refractivity contribution in [2.75, 3.05) is 0 Å². The van der Waals surface area contributed by atoms with E-state index in [2.05, 4.69) is 31.1 Å². The number of rotatable bonds is 1. The number of hydrogen-bond acceptors (Lipinski definition) is 3. The molecule has 0 unspecified atom stereocenters. The first kappa shape index (κ1) is 8.95. The molecule has 2 heterocycles. The number of nitrogens with zero attached hydrogens (tertiary/aromatic N) is 2. The molecule has 0 atom stereocenters. The number of halogens is 1. The summed E-state index contributed by atoms with van der Waals surface area (Å²) >= 11 is 3.22. The Bertz CT molecular complexity index is 540. The monoisotopic (exact) mass is 256 g/mol. The summed E-state index contributed by atoms with van der Waals surface area (Å²) in [6.45, 7) is 0. The van der Waals surface area contributed by atoms with E-state index < -0.39 is 11.4 Å². The van der Waals surface area contributed by atoms with E-state index in [1.165, 1.54) is 6.20 Å². The van der Waals surface area contributed by atoms with E-state index in [-0.39, 0.29) is 5.82 Å². The zero-order valence-electron chi connectivity index (χ0n) is 6.82. The van der Waals surface area contributed by atoms with Gasteiger partial charge in [0.2, 0.25) is 0 Å². The maximum Gasteiger partial charge on any atom is 0.350 e. The molecule has 7 heteroatoms. The van der Waals surface area contributed by atoms with Gasteiger partial charge in [-0.25, -0.2) is 24.8 Å². The van der Waals surface area contributed by atoms with Gasteiger partial charge < -0.3 is 0 Å². The van der Waals surface area contributed by atoms with Gasteiger partial charge in [0.15, 0.2) is 0 Å². The Morgan fingerprint density at radius 2 is 1.93 bits per heavy atom. The number of aromatic amines is 2. The lowest BCUT2D eigenvalue weighted by molar-refractivity contribution is 0.907. The number of hydrogen-bond donors (Lipinski definition) is 2. The van der Waals surface area contributed by atoms with E-state index in [1.807, 2.05) is 0 Å². The number of H-pyrrole nitrogens is 2. The normalized spacial score (nSPS) is 10.4. The third-order valence-electron chi connectivity index (χ3n) is 1.62. The van der Waals surface area contributed by atoms with Crippen LogP contribution < -0.4 is 11.4 Å². The molecule has 0 radical (unpaired) electrons. The molecule has 0 aliphatic heterocycles. The molecule has 0 aliphatic carbocycles. The van der Waals surface area contributed by atoms with Crippen molar-refractivity contribution in [3.05, 3.63) is 43.8 Å². The summed E-state index contributed by atoms with van der Waals surface area (Å²) in [6, 6.07) is 3.28. The van der Waals surface area contributed by atoms with Gasteiger partial charge in [0, 0.05) is 10.7 Å². The quantitative estimate of drug-likeness (QED) is 0.754. The van der Waals surface area contributed by atoms with E-state index >= 15 is 0 Å². The molecule has 2 aromatic heterocycles. The van der Waals surface area contributed by atoms with Crippen molar-refractivity contribution < 1.29 is 0 Å². The van der Waals surface area contributed by atoms with Crippen LogP contribution in [0.2, 0.25) is 0 Å². The SMILES string of the molecule is O=c1[nH][nH]c(=O)n1-c1cc(Br)ccn1. The first-order valence-electron chi connectivity index (χ1n) is 3.70. The smallest absolute Gasteiger partial charge is 0.247 e. The molecule has 14 heavy (non-hydrogen) atoms. The van der Waals surface area contributed by atoms with Crippen LogP contribution in [0.5, 0.6) is 0 Å². The van der Waals surface area contributed by atoms with Crippen molar-refractivity contribution in [3.63, 3.8) is 0 Å². The van der Waals surface area contributed by atoms with Crippen LogP contribution >= 0.6 is 15.9 Å². The van der Waals surface area contributed by atoms with Crippen LogP contribution in [0, 0.1) is 0 Å². The summed E-state index contributed by atoms with van der Waals surface area (Å²) in [6.07, 6.45) is 1.50. The fourth-order valence-electron chi connectivity index (χ4n) is 1.03. The molecule has 2 aromatic rings. The van der Waals surface area contributed by atoms with Crippen LogP contribution in [-0.4, -0.2) is 19.7 Å². The van der Waals surface area contributed by atoms with Gasteiger partial charge in [-0.15, -0.1) is 0 Å². The first-order valence-corrected chi connectivity index (χ1v) is 4.49. The van der Waals surface area contributed by atoms with Gasteiger partial charge in [0.05, 0.1) is 0 Å². The van der Waals surface area contributed by atoms with Gasteiger partial charge in [0.1, 0.15) is 5.82 Å². The van der Waals surface area contributed by atoms with E-state index in [1.54, 1.807) is 12.1 Å². The van der Waals surface area contributed by atoms with Crippen LogP contribution in [0.25, 0.3) is 5.82 Å². The van der Waals surface area contributed by atoms with E-state index in [0.717, 1.165) is 9.04 Å². The molecule has 2 N–H and O–H groups in total. The minimum absolute atomic E-state index is 0.270. The molecule has 2 rings (SSSR count). The summed E-state index contributed by atoms with van der Waals surface area (Å²) in [7, 11) is 0. The largest absolute Gasteiger partial charge is 0.350 e. The van der Waals surface area contributed by atoms with Gasteiger partial charge in [-0.1, -0.05) is 15.9 Å². The lowest BCUT2D eigenvalue weighted by Crippen LogP contribution is -2.25. The maximum atomic E-state index is 11.2. The predicted octanol–water partition coefficient (Wildman–Crippen LogP) is 0.0114. The lowest BCUT2D eigenvalue weighted by Gasteiger charge is -1.97. The third kappa shape index (κ3) is 1.41. The maximum absolute atomic E-state index is 11.2. The number of nitrogens with one attached hydrogen (secondary N) is 2. The Balaban J connectivity index is 2.72. The Labute approximate surface area is 85.7 Å². The van der Waals surface area contributed by atoms with Crippen LogP contribution in [0.1, 0.15) is 0 Å². The Morgan fingerprint density at radius 3 is 2.50 bits per heavy atom. The van der Waals surface area contributed by atoms with Crippen LogP contribution in [0.4, 0.5) is 0 Å². The number of pyridine rings is 1. The molecule has 0 saturated heterocycles. The zero-order valence-corrected chi connectivity index (χ0v) is 8.41. The molecular weight excluding hydrogens is 252 g/mol. The second-order valence-corrected chi connectivity index (χ2v) is 3.44. The zero-order chi connectivity index (χ0) is 10.1. The number of aromatic nitrogens is 4. The average Bonchev–Trinajstić information content (AvgIpc) is 2.46. The molecule has 72 valence electrons. The van der Waals surface area contributed by atoms with Crippen molar-refractivity contribution in [2.45, 2.75) is 0 Å². The first-order chi connectivity index (χ1) is 6.68. The summed E-state index contributed by atoms with van der Waals surface area (Å²) in [5.74, 6) is 0.270. The molecule has 0 spiro atoms. The highest BCUT2D eigenvalue weighted by atomic mass is 79.9. The fraction of sp³-hybridized carbons (Fsp3) is 0. The van der Waals surface area contributed by atoms with Crippen molar-refractivity contribution >= 4 is 15.9 Å². The Kier molecular flexibility index (Phi) is 2.08. The third-order valence-corrected chi connectivity index (χ3v) is 2.11. The van der Waals surface area contributed by atoms with Crippen molar-refractivity contribution in [1.82, 2.24) is 19.7 Å². The Morgan fingerprint density at radius 1 is 1.29 bits per heavy atom. The topological polar surface area (TPSA) is 83.5 Å². The minimum atomic E-state index is -0.541. The predicted molar refractivity (Wildman–Crippen MR) is 52.5 cm³/mol. The van der Waals surface area contributed by atoms with Crippen molar-refractivity contribution in [3.8, 4) is 5.82 Å². The summed E-state index contributed by atoms with van der Waals surface area (Å²) in [5.41, 5.74) is -1.08. The highest BCUT2D eigenvalue weighted by Crippen LogP contribution is 2.09. The van der Waals surface area contributed by atoms with E-state index in [0.29, 0.717) is 0 Å². The molecule has 0 saturated carbocycles. The molecule has 0 aliphatic rings. The summed E-state index contributed by atoms with van der Waals surface area (Å²) < 4.78 is 1.65.